The summed E-state index contributed by atoms with van der Waals surface area (Å²) in [5, 5.41) is 5.18. The summed E-state index contributed by atoms with van der Waals surface area (Å²) in [5.74, 6) is -0.486. The lowest BCUT2D eigenvalue weighted by Crippen LogP contribution is -2.35. The molecule has 9 heteroatoms. The van der Waals surface area contributed by atoms with Crippen LogP contribution in [0.3, 0.4) is 0 Å². The standard InChI is InChI=1S/C18H22BrN3O4S/c1-3-26-10-4-9-22(11-16-21-15(12-27-16)17(23)25-2)18(24)20-14-7-5-13(19)6-8-14/h5-8,12H,3-4,9-11H2,1-2H3,(H,20,24). The van der Waals surface area contributed by atoms with Crippen LogP contribution in [-0.4, -0.2) is 48.8 Å². The quantitative estimate of drug-likeness (QED) is 0.453. The van der Waals surface area contributed by atoms with E-state index in [0.717, 1.165) is 4.47 Å². The summed E-state index contributed by atoms with van der Waals surface area (Å²) in [6.07, 6.45) is 0.705. The molecule has 0 saturated carbocycles. The van der Waals surface area contributed by atoms with Crippen molar-refractivity contribution in [3.63, 3.8) is 0 Å². The van der Waals surface area contributed by atoms with Crippen molar-refractivity contribution < 1.29 is 19.1 Å². The second-order valence-corrected chi connectivity index (χ2v) is 7.39. The molecule has 0 bridgehead atoms. The number of ether oxygens (including phenoxy) is 2. The lowest BCUT2D eigenvalue weighted by molar-refractivity contribution is 0.0594. The van der Waals surface area contributed by atoms with Gasteiger partial charge in [0.2, 0.25) is 0 Å². The van der Waals surface area contributed by atoms with Gasteiger partial charge in [-0.2, -0.15) is 0 Å². The number of anilines is 1. The van der Waals surface area contributed by atoms with E-state index >= 15 is 0 Å². The molecule has 27 heavy (non-hydrogen) atoms. The zero-order chi connectivity index (χ0) is 19.6. The third-order valence-electron chi connectivity index (χ3n) is 3.58. The SMILES string of the molecule is CCOCCCN(Cc1nc(C(=O)OC)cs1)C(=O)Nc1ccc(Br)cc1. The molecule has 0 saturated heterocycles. The van der Waals surface area contributed by atoms with Gasteiger partial charge in [-0.15, -0.1) is 11.3 Å². The minimum absolute atomic E-state index is 0.233. The Labute approximate surface area is 170 Å². The Bertz CT molecular complexity index is 751. The maximum Gasteiger partial charge on any atom is 0.357 e. The fraction of sp³-hybridized carbons (Fsp3) is 0.389. The third kappa shape index (κ3) is 6.93. The van der Waals surface area contributed by atoms with Crippen molar-refractivity contribution in [3.8, 4) is 0 Å². The molecule has 0 radical (unpaired) electrons. The van der Waals surface area contributed by atoms with Crippen molar-refractivity contribution in [3.05, 3.63) is 44.8 Å². The highest BCUT2D eigenvalue weighted by Crippen LogP contribution is 2.17. The van der Waals surface area contributed by atoms with E-state index in [1.807, 2.05) is 31.2 Å². The molecule has 1 N–H and O–H groups in total. The van der Waals surface area contributed by atoms with Gasteiger partial charge < -0.3 is 19.7 Å². The van der Waals surface area contributed by atoms with E-state index in [-0.39, 0.29) is 11.7 Å². The number of urea groups is 1. The van der Waals surface area contributed by atoms with Crippen LogP contribution in [0.2, 0.25) is 0 Å². The number of esters is 1. The summed E-state index contributed by atoms with van der Waals surface area (Å²) >= 11 is 4.69. The number of aromatic nitrogens is 1. The zero-order valence-corrected chi connectivity index (χ0v) is 17.6. The number of nitrogens with one attached hydrogen (secondary N) is 1. The third-order valence-corrected chi connectivity index (χ3v) is 4.94. The summed E-state index contributed by atoms with van der Waals surface area (Å²) in [4.78, 5) is 30.2. The van der Waals surface area contributed by atoms with Gasteiger partial charge in [-0.05, 0) is 37.6 Å². The number of carbonyl (C=O) groups excluding carboxylic acids is 2. The van der Waals surface area contributed by atoms with E-state index in [1.54, 1.807) is 10.3 Å². The van der Waals surface area contributed by atoms with Crippen molar-refractivity contribution in [2.45, 2.75) is 19.9 Å². The molecule has 0 spiro atoms. The number of carbonyl (C=O) groups is 2. The summed E-state index contributed by atoms with van der Waals surface area (Å²) in [5.41, 5.74) is 0.951. The Hall–Kier alpha value is -1.97. The average molecular weight is 456 g/mol. The van der Waals surface area contributed by atoms with Crippen LogP contribution in [0.5, 0.6) is 0 Å². The Morgan fingerprint density at radius 2 is 2.04 bits per heavy atom. The molecule has 0 fully saturated rings. The highest BCUT2D eigenvalue weighted by molar-refractivity contribution is 9.10. The molecule has 0 aliphatic carbocycles. The second-order valence-electron chi connectivity index (χ2n) is 5.53. The van der Waals surface area contributed by atoms with Gasteiger partial charge in [0, 0.05) is 35.3 Å². The molecule has 0 unspecified atom stereocenters. The normalized spacial score (nSPS) is 10.5. The molecule has 1 aromatic heterocycles. The van der Waals surface area contributed by atoms with Crippen molar-refractivity contribution >= 4 is 45.0 Å². The first kappa shape index (κ1) is 21.3. The first-order valence-corrected chi connectivity index (χ1v) is 10.1. The van der Waals surface area contributed by atoms with Gasteiger partial charge in [0.25, 0.3) is 0 Å². The predicted molar refractivity (Wildman–Crippen MR) is 108 cm³/mol. The molecular formula is C18H22BrN3O4S. The summed E-state index contributed by atoms with van der Waals surface area (Å²) in [7, 11) is 1.31. The number of nitrogens with zero attached hydrogens (tertiary/aromatic N) is 2. The van der Waals surface area contributed by atoms with E-state index in [1.165, 1.54) is 18.4 Å². The van der Waals surface area contributed by atoms with Crippen molar-refractivity contribution in [2.75, 3.05) is 32.2 Å². The topological polar surface area (TPSA) is 80.8 Å². The van der Waals surface area contributed by atoms with Crippen LogP contribution in [0.4, 0.5) is 10.5 Å². The summed E-state index contributed by atoms with van der Waals surface area (Å²) in [6.45, 7) is 3.96. The number of thiazole rings is 1. The number of amides is 2. The Balaban J connectivity index is 2.04. The van der Waals surface area contributed by atoms with E-state index in [2.05, 4.69) is 31.0 Å². The molecule has 2 rings (SSSR count). The fourth-order valence-electron chi connectivity index (χ4n) is 2.24. The van der Waals surface area contributed by atoms with Crippen LogP contribution in [-0.2, 0) is 16.0 Å². The molecule has 1 aromatic carbocycles. The van der Waals surface area contributed by atoms with Gasteiger partial charge in [-0.1, -0.05) is 15.9 Å². The number of hydrogen-bond donors (Lipinski definition) is 1. The number of rotatable bonds is 9. The average Bonchev–Trinajstić information content (AvgIpc) is 3.14. The van der Waals surface area contributed by atoms with Crippen LogP contribution in [0.25, 0.3) is 0 Å². The van der Waals surface area contributed by atoms with Gasteiger partial charge in [-0.3, -0.25) is 0 Å². The van der Waals surface area contributed by atoms with Gasteiger partial charge in [0.05, 0.1) is 13.7 Å². The molecule has 0 aliphatic rings. The molecule has 2 aromatic rings. The minimum atomic E-state index is -0.486. The lowest BCUT2D eigenvalue weighted by atomic mass is 10.3. The van der Waals surface area contributed by atoms with Crippen LogP contribution in [0, 0.1) is 0 Å². The first-order valence-electron chi connectivity index (χ1n) is 8.45. The predicted octanol–water partition coefficient (Wildman–Crippen LogP) is 4.15. The van der Waals surface area contributed by atoms with Crippen molar-refractivity contribution in [1.82, 2.24) is 9.88 Å². The smallest absolute Gasteiger partial charge is 0.357 e. The van der Waals surface area contributed by atoms with Crippen LogP contribution < -0.4 is 5.32 Å². The van der Waals surface area contributed by atoms with Gasteiger partial charge in [0.1, 0.15) is 5.01 Å². The number of hydrogen-bond acceptors (Lipinski definition) is 6. The number of halogens is 1. The van der Waals surface area contributed by atoms with Crippen LogP contribution in [0.15, 0.2) is 34.1 Å². The molecule has 1 heterocycles. The summed E-state index contributed by atoms with van der Waals surface area (Å²) < 4.78 is 11.0. The van der Waals surface area contributed by atoms with E-state index in [4.69, 9.17) is 4.74 Å². The zero-order valence-electron chi connectivity index (χ0n) is 15.2. The fourth-order valence-corrected chi connectivity index (χ4v) is 3.28. The van der Waals surface area contributed by atoms with E-state index < -0.39 is 5.97 Å². The Morgan fingerprint density at radius 1 is 1.30 bits per heavy atom. The lowest BCUT2D eigenvalue weighted by Gasteiger charge is -2.22. The minimum Gasteiger partial charge on any atom is -0.464 e. The van der Waals surface area contributed by atoms with Gasteiger partial charge >= 0.3 is 12.0 Å². The van der Waals surface area contributed by atoms with Crippen molar-refractivity contribution in [2.24, 2.45) is 0 Å². The summed E-state index contributed by atoms with van der Waals surface area (Å²) in [6, 6.07) is 7.12. The monoisotopic (exact) mass is 455 g/mol. The highest BCUT2D eigenvalue weighted by atomic mass is 79.9. The van der Waals surface area contributed by atoms with Crippen LogP contribution in [0.1, 0.15) is 28.8 Å². The van der Waals surface area contributed by atoms with Crippen LogP contribution >= 0.6 is 27.3 Å². The Morgan fingerprint density at radius 3 is 2.70 bits per heavy atom. The largest absolute Gasteiger partial charge is 0.464 e. The second kappa shape index (κ2) is 11.0. The molecule has 0 aliphatic heterocycles. The first-order chi connectivity index (χ1) is 13.0. The Kier molecular flexibility index (Phi) is 8.70. The maximum absolute atomic E-state index is 12.7. The van der Waals surface area contributed by atoms with E-state index in [0.29, 0.717) is 43.4 Å². The molecule has 7 nitrogen and oxygen atoms in total. The molecule has 2 amide bonds. The molecule has 146 valence electrons. The van der Waals surface area contributed by atoms with Crippen molar-refractivity contribution in [1.29, 1.82) is 0 Å². The maximum atomic E-state index is 12.7. The van der Waals surface area contributed by atoms with E-state index in [9.17, 15) is 9.59 Å². The number of benzene rings is 1. The van der Waals surface area contributed by atoms with Gasteiger partial charge in [0.15, 0.2) is 5.69 Å². The molecule has 0 atom stereocenters. The number of methoxy groups -OCH3 is 1. The molecular weight excluding hydrogens is 434 g/mol. The highest BCUT2D eigenvalue weighted by Gasteiger charge is 2.18. The van der Waals surface area contributed by atoms with Gasteiger partial charge in [-0.25, -0.2) is 14.6 Å².